The van der Waals surface area contributed by atoms with Crippen LogP contribution in [0.5, 0.6) is 0 Å². The van der Waals surface area contributed by atoms with E-state index in [1.165, 1.54) is 50.1 Å². The third-order valence-electron chi connectivity index (χ3n) is 6.10. The monoisotopic (exact) mass is 463 g/mol. The molecule has 5 N–H and O–H groups in total. The minimum absolute atomic E-state index is 0.312. The Kier molecular flexibility index (Phi) is 9.65. The molecule has 2 aromatic rings. The summed E-state index contributed by atoms with van der Waals surface area (Å²) in [7, 11) is 0. The third kappa shape index (κ3) is 7.70. The summed E-state index contributed by atoms with van der Waals surface area (Å²) >= 11 is 0. The van der Waals surface area contributed by atoms with Gasteiger partial charge in [0.25, 0.3) is 11.8 Å². The summed E-state index contributed by atoms with van der Waals surface area (Å²) in [6.07, 6.45) is 5.63. The maximum Gasteiger partial charge on any atom is 0.268 e. The fraction of sp³-hybridized carbons (Fsp3) is 0.407. The van der Waals surface area contributed by atoms with Crippen molar-refractivity contribution < 1.29 is 19.9 Å². The Balaban J connectivity index is 1.51. The van der Waals surface area contributed by atoms with Crippen LogP contribution in [0.25, 0.3) is 0 Å². The molecule has 1 aliphatic carbocycles. The van der Waals surface area contributed by atoms with Crippen LogP contribution in [0.3, 0.4) is 0 Å². The molecule has 0 heterocycles. The van der Waals surface area contributed by atoms with E-state index in [0.29, 0.717) is 5.56 Å². The lowest BCUT2D eigenvalue weighted by Gasteiger charge is -2.21. The second-order valence-electron chi connectivity index (χ2n) is 8.83. The second kappa shape index (κ2) is 12.9. The lowest BCUT2D eigenvalue weighted by atomic mass is 9.89. The van der Waals surface area contributed by atoms with E-state index in [9.17, 15) is 14.7 Å². The molecule has 0 aromatic heterocycles. The first kappa shape index (κ1) is 25.4. The number of aliphatic hydroxyl groups is 1. The van der Waals surface area contributed by atoms with Gasteiger partial charge in [-0.05, 0) is 74.2 Å². The van der Waals surface area contributed by atoms with Crippen LogP contribution >= 0.6 is 0 Å². The molecule has 0 radical (unpaired) electrons. The fourth-order valence-electron chi connectivity index (χ4n) is 4.07. The number of hydrogen-bond acceptors (Lipinski definition) is 5. The van der Waals surface area contributed by atoms with E-state index in [1.54, 1.807) is 24.3 Å². The van der Waals surface area contributed by atoms with Crippen molar-refractivity contribution in [3.63, 3.8) is 0 Å². The van der Waals surface area contributed by atoms with Crippen molar-refractivity contribution >= 4 is 11.8 Å². The quantitative estimate of drug-likeness (QED) is 0.235. The van der Waals surface area contributed by atoms with Crippen LogP contribution in [0.15, 0.2) is 48.5 Å². The normalized spacial score (nSPS) is 15.5. The predicted molar refractivity (Wildman–Crippen MR) is 130 cm³/mol. The number of aliphatic hydroxyl groups excluding tert-OH is 1. The molecule has 3 rings (SSSR count). The minimum atomic E-state index is -1.26. The molecule has 180 valence electrons. The minimum Gasteiger partial charge on any atom is -0.391 e. The predicted octanol–water partition coefficient (Wildman–Crippen LogP) is 2.74. The summed E-state index contributed by atoms with van der Waals surface area (Å²) in [5.74, 6) is 5.60. The average Bonchev–Trinajstić information content (AvgIpc) is 2.87. The first-order chi connectivity index (χ1) is 16.5. The van der Waals surface area contributed by atoms with Gasteiger partial charge in [-0.15, -0.1) is 0 Å². The van der Waals surface area contributed by atoms with Gasteiger partial charge in [0.15, 0.2) is 0 Å². The zero-order valence-corrected chi connectivity index (χ0v) is 19.5. The van der Waals surface area contributed by atoms with Crippen LogP contribution in [0.2, 0.25) is 0 Å². The Bertz CT molecular complexity index is 1000. The molecule has 2 aromatic carbocycles. The highest BCUT2D eigenvalue weighted by atomic mass is 16.5. The Hall–Kier alpha value is -3.18. The number of nitrogens with one attached hydrogen (secondary N) is 3. The number of benzene rings is 2. The topological polar surface area (TPSA) is 111 Å². The molecule has 2 amide bonds. The summed E-state index contributed by atoms with van der Waals surface area (Å²) in [5, 5.41) is 24.4. The lowest BCUT2D eigenvalue weighted by molar-refractivity contribution is -0.133. The summed E-state index contributed by atoms with van der Waals surface area (Å²) in [6, 6.07) is 13.6. The first-order valence-corrected chi connectivity index (χ1v) is 11.8. The number of carbonyl (C=O) groups excluding carboxylic acids is 2. The molecule has 1 saturated carbocycles. The molecular formula is C27H33N3O4. The fourth-order valence-corrected chi connectivity index (χ4v) is 4.07. The van der Waals surface area contributed by atoms with Gasteiger partial charge < -0.3 is 15.7 Å². The standard InChI is InChI=1S/C27H33N3O4/c1-19(31)25(27(33)30-34)29-26(32)24-15-13-21(14-16-24)8-7-20-9-11-23(12-10-20)18-28-17-22-5-3-2-4-6-22/h9-16,19,22,25,28,31,34H,2-6,17-18H2,1H3,(H,29,32)(H,30,33). The molecule has 7 nitrogen and oxygen atoms in total. The molecular weight excluding hydrogens is 430 g/mol. The van der Waals surface area contributed by atoms with Gasteiger partial charge in [0.05, 0.1) is 6.10 Å². The Morgan fingerprint density at radius 1 is 0.971 bits per heavy atom. The van der Waals surface area contributed by atoms with Crippen LogP contribution in [0.1, 0.15) is 66.1 Å². The van der Waals surface area contributed by atoms with Crippen LogP contribution in [-0.4, -0.2) is 40.8 Å². The SMILES string of the molecule is CC(O)C(NC(=O)c1ccc(C#Cc2ccc(CNCC3CCCCC3)cc2)cc1)C(=O)NO. The average molecular weight is 464 g/mol. The summed E-state index contributed by atoms with van der Waals surface area (Å²) in [4.78, 5) is 23.9. The Labute approximate surface area is 200 Å². The van der Waals surface area contributed by atoms with Gasteiger partial charge in [0, 0.05) is 23.2 Å². The zero-order valence-electron chi connectivity index (χ0n) is 19.5. The van der Waals surface area contributed by atoms with Gasteiger partial charge in [-0.2, -0.15) is 0 Å². The van der Waals surface area contributed by atoms with Crippen LogP contribution in [0.4, 0.5) is 0 Å². The van der Waals surface area contributed by atoms with Crippen molar-refractivity contribution in [2.45, 2.75) is 57.7 Å². The molecule has 1 aliphatic rings. The maximum atomic E-state index is 12.3. The highest BCUT2D eigenvalue weighted by Crippen LogP contribution is 2.22. The van der Waals surface area contributed by atoms with E-state index in [2.05, 4.69) is 34.6 Å². The summed E-state index contributed by atoms with van der Waals surface area (Å²) in [6.45, 7) is 3.30. The molecule has 2 atom stereocenters. The second-order valence-corrected chi connectivity index (χ2v) is 8.83. The number of rotatable bonds is 8. The zero-order chi connectivity index (χ0) is 24.3. The van der Waals surface area contributed by atoms with Crippen molar-refractivity contribution in [2.24, 2.45) is 5.92 Å². The molecule has 0 saturated heterocycles. The highest BCUT2D eigenvalue weighted by molar-refractivity contribution is 5.97. The number of amides is 2. The Morgan fingerprint density at radius 2 is 1.56 bits per heavy atom. The molecule has 0 aliphatic heterocycles. The molecule has 0 spiro atoms. The highest BCUT2D eigenvalue weighted by Gasteiger charge is 2.25. The van der Waals surface area contributed by atoms with Crippen molar-refractivity contribution in [3.8, 4) is 11.8 Å². The summed E-state index contributed by atoms with van der Waals surface area (Å²) in [5.41, 5.74) is 4.64. The Morgan fingerprint density at radius 3 is 2.12 bits per heavy atom. The van der Waals surface area contributed by atoms with Gasteiger partial charge in [-0.25, -0.2) is 5.48 Å². The van der Waals surface area contributed by atoms with E-state index < -0.39 is 24.0 Å². The van der Waals surface area contributed by atoms with Crippen LogP contribution in [0, 0.1) is 17.8 Å². The molecule has 34 heavy (non-hydrogen) atoms. The van der Waals surface area contributed by atoms with E-state index in [-0.39, 0.29) is 0 Å². The van der Waals surface area contributed by atoms with E-state index in [0.717, 1.165) is 30.1 Å². The van der Waals surface area contributed by atoms with Gasteiger partial charge in [-0.3, -0.25) is 14.8 Å². The van der Waals surface area contributed by atoms with E-state index >= 15 is 0 Å². The number of carbonyl (C=O) groups is 2. The van der Waals surface area contributed by atoms with Crippen molar-refractivity contribution in [1.82, 2.24) is 16.1 Å². The smallest absolute Gasteiger partial charge is 0.268 e. The number of hydroxylamine groups is 1. The molecule has 2 unspecified atom stereocenters. The van der Waals surface area contributed by atoms with Gasteiger partial charge >= 0.3 is 0 Å². The van der Waals surface area contributed by atoms with Crippen molar-refractivity contribution in [1.29, 1.82) is 0 Å². The lowest BCUT2D eigenvalue weighted by Crippen LogP contribution is -2.51. The largest absolute Gasteiger partial charge is 0.391 e. The van der Waals surface area contributed by atoms with E-state index in [1.807, 2.05) is 12.1 Å². The van der Waals surface area contributed by atoms with E-state index in [4.69, 9.17) is 5.21 Å². The number of hydrogen-bond donors (Lipinski definition) is 5. The third-order valence-corrected chi connectivity index (χ3v) is 6.10. The van der Waals surface area contributed by atoms with Crippen molar-refractivity contribution in [2.75, 3.05) is 6.54 Å². The first-order valence-electron chi connectivity index (χ1n) is 11.8. The van der Waals surface area contributed by atoms with Crippen LogP contribution in [-0.2, 0) is 11.3 Å². The van der Waals surface area contributed by atoms with Crippen LogP contribution < -0.4 is 16.1 Å². The van der Waals surface area contributed by atoms with Gasteiger partial charge in [0.1, 0.15) is 6.04 Å². The van der Waals surface area contributed by atoms with Gasteiger partial charge in [-0.1, -0.05) is 43.2 Å². The molecule has 7 heteroatoms. The molecule has 0 bridgehead atoms. The maximum absolute atomic E-state index is 12.3. The summed E-state index contributed by atoms with van der Waals surface area (Å²) < 4.78 is 0. The molecule has 1 fully saturated rings. The van der Waals surface area contributed by atoms with Crippen molar-refractivity contribution in [3.05, 3.63) is 70.8 Å². The van der Waals surface area contributed by atoms with Gasteiger partial charge in [0.2, 0.25) is 0 Å².